The number of rotatable bonds is 1. The molecule has 14 heavy (non-hydrogen) atoms. The van der Waals surface area contributed by atoms with E-state index in [4.69, 9.17) is 5.73 Å². The second-order valence-corrected chi connectivity index (χ2v) is 3.55. The number of hydrogen-bond acceptors (Lipinski definition) is 4. The molecule has 1 aromatic rings. The Morgan fingerprint density at radius 1 is 1.57 bits per heavy atom. The second kappa shape index (κ2) is 3.79. The van der Waals surface area contributed by atoms with Crippen molar-refractivity contribution >= 4 is 5.69 Å². The van der Waals surface area contributed by atoms with Gasteiger partial charge in [-0.15, -0.1) is 0 Å². The summed E-state index contributed by atoms with van der Waals surface area (Å²) in [5, 5.41) is 3.35. The highest BCUT2D eigenvalue weighted by Crippen LogP contribution is 2.15. The van der Waals surface area contributed by atoms with Gasteiger partial charge < -0.3 is 10.3 Å². The lowest BCUT2D eigenvalue weighted by Crippen LogP contribution is -2.32. The van der Waals surface area contributed by atoms with Crippen LogP contribution in [0.2, 0.25) is 0 Å². The van der Waals surface area contributed by atoms with Crippen LogP contribution in [0.1, 0.15) is 25.4 Å². The van der Waals surface area contributed by atoms with Crippen molar-refractivity contribution in [1.29, 1.82) is 0 Å². The van der Waals surface area contributed by atoms with Gasteiger partial charge in [0.05, 0.1) is 6.17 Å². The van der Waals surface area contributed by atoms with Gasteiger partial charge in [-0.3, -0.25) is 10.1 Å². The van der Waals surface area contributed by atoms with Crippen LogP contribution in [-0.2, 0) is 0 Å². The van der Waals surface area contributed by atoms with E-state index in [1.807, 2.05) is 4.57 Å². The number of nitrogens with two attached hydrogens (primary N) is 1. The molecule has 1 aliphatic heterocycles. The molecule has 0 spiro atoms. The molecule has 1 aromatic heterocycles. The zero-order valence-electron chi connectivity index (χ0n) is 7.94. The van der Waals surface area contributed by atoms with Gasteiger partial charge in [-0.25, -0.2) is 0 Å². The van der Waals surface area contributed by atoms with Crippen LogP contribution >= 0.6 is 0 Å². The first kappa shape index (κ1) is 9.21. The molecular formula is C9H14N4O. The van der Waals surface area contributed by atoms with E-state index in [0.29, 0.717) is 0 Å². The van der Waals surface area contributed by atoms with Crippen LogP contribution in [0.25, 0.3) is 0 Å². The van der Waals surface area contributed by atoms with Gasteiger partial charge in [-0.1, -0.05) is 0 Å². The van der Waals surface area contributed by atoms with E-state index in [-0.39, 0.29) is 17.4 Å². The molecule has 1 atom stereocenters. The highest BCUT2D eigenvalue weighted by atomic mass is 16.1. The van der Waals surface area contributed by atoms with E-state index >= 15 is 0 Å². The van der Waals surface area contributed by atoms with Crippen LogP contribution in [0.3, 0.4) is 0 Å². The van der Waals surface area contributed by atoms with Crippen molar-refractivity contribution in [3.8, 4) is 0 Å². The zero-order chi connectivity index (χ0) is 9.97. The molecule has 5 heteroatoms. The fraction of sp³-hybridized carbons (Fsp3) is 0.556. The summed E-state index contributed by atoms with van der Waals surface area (Å²) < 4.78 is 1.87. The number of piperidine rings is 1. The topological polar surface area (TPSA) is 72.9 Å². The highest BCUT2D eigenvalue weighted by molar-refractivity contribution is 5.30. The minimum Gasteiger partial charge on any atom is -0.393 e. The van der Waals surface area contributed by atoms with Crippen molar-refractivity contribution in [3.05, 3.63) is 22.9 Å². The third kappa shape index (κ3) is 1.77. The van der Waals surface area contributed by atoms with Crippen molar-refractivity contribution < 1.29 is 0 Å². The summed E-state index contributed by atoms with van der Waals surface area (Å²) in [5.41, 5.74) is 5.36. The SMILES string of the molecule is Nc1cn(C2CCCCN2)cnc1=O. The van der Waals surface area contributed by atoms with Crippen LogP contribution in [0.5, 0.6) is 0 Å². The van der Waals surface area contributed by atoms with Crippen LogP contribution in [0.15, 0.2) is 17.3 Å². The van der Waals surface area contributed by atoms with Gasteiger partial charge >= 0.3 is 0 Å². The van der Waals surface area contributed by atoms with Gasteiger partial charge in [0.15, 0.2) is 0 Å². The largest absolute Gasteiger partial charge is 0.393 e. The van der Waals surface area contributed by atoms with Gasteiger partial charge in [-0.2, -0.15) is 4.98 Å². The Balaban J connectivity index is 2.22. The molecule has 2 heterocycles. The second-order valence-electron chi connectivity index (χ2n) is 3.55. The molecule has 3 N–H and O–H groups in total. The molecule has 1 fully saturated rings. The normalized spacial score (nSPS) is 22.1. The Kier molecular flexibility index (Phi) is 2.49. The van der Waals surface area contributed by atoms with Crippen molar-refractivity contribution in [2.75, 3.05) is 12.3 Å². The molecule has 0 saturated carbocycles. The quantitative estimate of drug-likeness (QED) is 0.665. The van der Waals surface area contributed by atoms with E-state index < -0.39 is 0 Å². The summed E-state index contributed by atoms with van der Waals surface area (Å²) >= 11 is 0. The van der Waals surface area contributed by atoms with Crippen molar-refractivity contribution in [1.82, 2.24) is 14.9 Å². The van der Waals surface area contributed by atoms with Crippen LogP contribution in [0.4, 0.5) is 5.69 Å². The van der Waals surface area contributed by atoms with Gasteiger partial charge in [0.2, 0.25) is 0 Å². The number of aromatic nitrogens is 2. The summed E-state index contributed by atoms with van der Waals surface area (Å²) in [5.74, 6) is 0. The Hall–Kier alpha value is -1.36. The van der Waals surface area contributed by atoms with Crippen LogP contribution < -0.4 is 16.6 Å². The van der Waals surface area contributed by atoms with Crippen molar-refractivity contribution in [2.24, 2.45) is 0 Å². The Bertz CT molecular complexity index is 367. The predicted octanol–water partition coefficient (Wildman–Crippen LogP) is 0.0976. The summed E-state index contributed by atoms with van der Waals surface area (Å²) in [6, 6.07) is 0. The van der Waals surface area contributed by atoms with E-state index in [1.54, 1.807) is 12.5 Å². The van der Waals surface area contributed by atoms with E-state index in [9.17, 15) is 4.79 Å². The fourth-order valence-corrected chi connectivity index (χ4v) is 1.70. The Morgan fingerprint density at radius 3 is 3.07 bits per heavy atom. The predicted molar refractivity (Wildman–Crippen MR) is 53.8 cm³/mol. The summed E-state index contributed by atoms with van der Waals surface area (Å²) in [6.07, 6.45) is 6.90. The van der Waals surface area contributed by atoms with Gasteiger partial charge in [0, 0.05) is 6.20 Å². The highest BCUT2D eigenvalue weighted by Gasteiger charge is 2.13. The number of nitrogens with zero attached hydrogens (tertiary/aromatic N) is 2. The Labute approximate surface area is 82.0 Å². The maximum Gasteiger partial charge on any atom is 0.295 e. The van der Waals surface area contributed by atoms with Crippen LogP contribution in [-0.4, -0.2) is 16.1 Å². The molecule has 2 rings (SSSR count). The minimum absolute atomic E-state index is 0.208. The number of nitrogen functional groups attached to an aromatic ring is 1. The summed E-state index contributed by atoms with van der Waals surface area (Å²) in [7, 11) is 0. The van der Waals surface area contributed by atoms with Crippen LogP contribution in [0, 0.1) is 0 Å². The Morgan fingerprint density at radius 2 is 2.43 bits per heavy atom. The zero-order valence-corrected chi connectivity index (χ0v) is 7.94. The first-order valence-electron chi connectivity index (χ1n) is 4.84. The number of nitrogens with one attached hydrogen (secondary N) is 1. The third-order valence-electron chi connectivity index (χ3n) is 2.49. The van der Waals surface area contributed by atoms with Crippen molar-refractivity contribution in [2.45, 2.75) is 25.4 Å². The maximum absolute atomic E-state index is 11.0. The molecule has 76 valence electrons. The molecule has 1 unspecified atom stereocenters. The minimum atomic E-state index is -0.350. The molecule has 0 aromatic carbocycles. The van der Waals surface area contributed by atoms with E-state index in [1.165, 1.54) is 12.8 Å². The monoisotopic (exact) mass is 194 g/mol. The van der Waals surface area contributed by atoms with Gasteiger partial charge in [0.1, 0.15) is 12.0 Å². The van der Waals surface area contributed by atoms with Gasteiger partial charge in [-0.05, 0) is 25.8 Å². The van der Waals surface area contributed by atoms with Crippen molar-refractivity contribution in [3.63, 3.8) is 0 Å². The average Bonchev–Trinajstić information content (AvgIpc) is 2.23. The molecule has 0 aliphatic carbocycles. The molecule has 1 aliphatic rings. The molecule has 0 radical (unpaired) electrons. The number of anilines is 1. The maximum atomic E-state index is 11.0. The lowest BCUT2D eigenvalue weighted by molar-refractivity contribution is 0.317. The smallest absolute Gasteiger partial charge is 0.295 e. The fourth-order valence-electron chi connectivity index (χ4n) is 1.70. The standard InChI is InChI=1S/C9H14N4O/c10-7-5-13(6-12-9(7)14)8-3-1-2-4-11-8/h5-6,8,11H,1-4,10H2. The number of hydrogen-bond donors (Lipinski definition) is 2. The first-order valence-corrected chi connectivity index (χ1v) is 4.84. The molecule has 1 saturated heterocycles. The summed E-state index contributed by atoms with van der Waals surface area (Å²) in [4.78, 5) is 14.7. The lowest BCUT2D eigenvalue weighted by atomic mass is 10.1. The third-order valence-corrected chi connectivity index (χ3v) is 2.49. The average molecular weight is 194 g/mol. The molecular weight excluding hydrogens is 180 g/mol. The molecule has 5 nitrogen and oxygen atoms in total. The van der Waals surface area contributed by atoms with Gasteiger partial charge in [0.25, 0.3) is 5.56 Å². The van der Waals surface area contributed by atoms with E-state index in [0.717, 1.165) is 13.0 Å². The molecule has 0 amide bonds. The molecule has 0 bridgehead atoms. The summed E-state index contributed by atoms with van der Waals surface area (Å²) in [6.45, 7) is 1.01. The first-order chi connectivity index (χ1) is 6.77. The van der Waals surface area contributed by atoms with E-state index in [2.05, 4.69) is 10.3 Å². The lowest BCUT2D eigenvalue weighted by Gasteiger charge is -2.25.